The van der Waals surface area contributed by atoms with Gasteiger partial charge in [-0.2, -0.15) is 5.10 Å². The zero-order valence-electron chi connectivity index (χ0n) is 14.1. The van der Waals surface area contributed by atoms with E-state index >= 15 is 0 Å². The van der Waals surface area contributed by atoms with Crippen LogP contribution < -0.4 is 14.9 Å². The molecule has 0 aromatic heterocycles. The Balaban J connectivity index is 2.17. The molecule has 6 nitrogen and oxygen atoms in total. The predicted octanol–water partition coefficient (Wildman–Crippen LogP) is 4.23. The number of anilines is 1. The molecule has 0 aliphatic heterocycles. The Morgan fingerprint density at radius 3 is 2.72 bits per heavy atom. The maximum Gasteiger partial charge on any atom is 0.335 e. The van der Waals surface area contributed by atoms with E-state index < -0.39 is 5.97 Å². The fourth-order valence-electron chi connectivity index (χ4n) is 2.07. The summed E-state index contributed by atoms with van der Waals surface area (Å²) in [5.41, 5.74) is 4.45. The summed E-state index contributed by atoms with van der Waals surface area (Å²) in [6.45, 7) is 3.92. The number of methoxy groups -OCH3 is 1. The molecule has 2 aromatic carbocycles. The Morgan fingerprint density at radius 2 is 2.08 bits per heavy atom. The van der Waals surface area contributed by atoms with E-state index in [9.17, 15) is 4.79 Å². The minimum atomic E-state index is -0.979. The molecule has 0 fully saturated rings. The number of nitrogens with zero attached hydrogens (tertiary/aromatic N) is 1. The van der Waals surface area contributed by atoms with Crippen LogP contribution in [-0.4, -0.2) is 30.5 Å². The van der Waals surface area contributed by atoms with Crippen LogP contribution in [0.3, 0.4) is 0 Å². The van der Waals surface area contributed by atoms with E-state index in [1.807, 2.05) is 26.0 Å². The molecule has 0 saturated heterocycles. The van der Waals surface area contributed by atoms with E-state index in [0.717, 1.165) is 9.13 Å². The lowest BCUT2D eigenvalue weighted by Crippen LogP contribution is -2.08. The van der Waals surface area contributed by atoms with Crippen LogP contribution in [0.5, 0.6) is 11.5 Å². The van der Waals surface area contributed by atoms with Crippen molar-refractivity contribution < 1.29 is 19.4 Å². The number of ether oxygens (including phenoxy) is 2. The molecular weight excluding hydrogens is 435 g/mol. The van der Waals surface area contributed by atoms with Gasteiger partial charge in [0.2, 0.25) is 0 Å². The van der Waals surface area contributed by atoms with Gasteiger partial charge < -0.3 is 14.6 Å². The number of hydrazone groups is 1. The summed E-state index contributed by atoms with van der Waals surface area (Å²) in [4.78, 5) is 11.0. The molecule has 0 spiro atoms. The van der Waals surface area contributed by atoms with Crippen LogP contribution in [0.1, 0.15) is 29.8 Å². The number of benzene rings is 2. The number of aromatic carboxylic acids is 1. The topological polar surface area (TPSA) is 80.2 Å². The van der Waals surface area contributed by atoms with Gasteiger partial charge in [0, 0.05) is 0 Å². The Bertz CT molecular complexity index is 791. The van der Waals surface area contributed by atoms with Gasteiger partial charge in [-0.3, -0.25) is 5.43 Å². The van der Waals surface area contributed by atoms with Gasteiger partial charge in [-0.15, -0.1) is 0 Å². The highest BCUT2D eigenvalue weighted by molar-refractivity contribution is 14.1. The highest BCUT2D eigenvalue weighted by atomic mass is 127. The molecule has 0 aliphatic carbocycles. The van der Waals surface area contributed by atoms with Crippen molar-refractivity contribution in [2.45, 2.75) is 20.0 Å². The molecule has 2 N–H and O–H groups in total. The largest absolute Gasteiger partial charge is 0.493 e. The van der Waals surface area contributed by atoms with E-state index in [-0.39, 0.29) is 11.7 Å². The third kappa shape index (κ3) is 5.35. The van der Waals surface area contributed by atoms with E-state index in [1.165, 1.54) is 12.1 Å². The van der Waals surface area contributed by atoms with Crippen LogP contribution in [0.2, 0.25) is 0 Å². The SMILES string of the molecule is COc1cc(C=NNc2cccc(C(=O)O)c2)cc(I)c1OC(C)C. The maximum absolute atomic E-state index is 11.0. The number of rotatable bonds is 7. The molecule has 0 radical (unpaired) electrons. The average Bonchev–Trinajstić information content (AvgIpc) is 2.57. The Kier molecular flexibility index (Phi) is 6.63. The standard InChI is InChI=1S/C18H19IN2O4/c1-11(2)25-17-15(19)7-12(8-16(17)24-3)10-20-21-14-6-4-5-13(9-14)18(22)23/h4-11,21H,1-3H3,(H,22,23). The van der Waals surface area contributed by atoms with Crippen molar-refractivity contribution in [1.29, 1.82) is 0 Å². The highest BCUT2D eigenvalue weighted by Gasteiger charge is 2.12. The van der Waals surface area contributed by atoms with Gasteiger partial charge in [0.05, 0.1) is 34.2 Å². The second kappa shape index (κ2) is 8.70. The molecule has 2 rings (SSSR count). The van der Waals surface area contributed by atoms with Crippen LogP contribution in [0.25, 0.3) is 0 Å². The Morgan fingerprint density at radius 1 is 1.32 bits per heavy atom. The average molecular weight is 454 g/mol. The number of carboxylic acid groups (broad SMARTS) is 1. The number of nitrogens with one attached hydrogen (secondary N) is 1. The van der Waals surface area contributed by atoms with Gasteiger partial charge in [0.15, 0.2) is 11.5 Å². The zero-order valence-corrected chi connectivity index (χ0v) is 16.3. The van der Waals surface area contributed by atoms with E-state index in [1.54, 1.807) is 25.5 Å². The monoisotopic (exact) mass is 454 g/mol. The summed E-state index contributed by atoms with van der Waals surface area (Å²) in [6.07, 6.45) is 1.68. The molecule has 0 saturated carbocycles. The lowest BCUT2D eigenvalue weighted by molar-refractivity contribution is 0.0697. The molecular formula is C18H19IN2O4. The highest BCUT2D eigenvalue weighted by Crippen LogP contribution is 2.34. The molecule has 0 atom stereocenters. The lowest BCUT2D eigenvalue weighted by atomic mass is 10.2. The van der Waals surface area contributed by atoms with Crippen molar-refractivity contribution in [3.8, 4) is 11.5 Å². The molecule has 0 bridgehead atoms. The van der Waals surface area contributed by atoms with E-state index in [4.69, 9.17) is 14.6 Å². The summed E-state index contributed by atoms with van der Waals surface area (Å²) in [5.74, 6) is 0.361. The van der Waals surface area contributed by atoms with Crippen LogP contribution in [0, 0.1) is 3.57 Å². The van der Waals surface area contributed by atoms with Gasteiger partial charge in [0.25, 0.3) is 0 Å². The molecule has 7 heteroatoms. The van der Waals surface area contributed by atoms with Crippen molar-refractivity contribution in [2.75, 3.05) is 12.5 Å². The van der Waals surface area contributed by atoms with Crippen molar-refractivity contribution in [3.05, 3.63) is 51.1 Å². The zero-order chi connectivity index (χ0) is 18.4. The van der Waals surface area contributed by atoms with Gasteiger partial charge in [-0.25, -0.2) is 4.79 Å². The molecule has 25 heavy (non-hydrogen) atoms. The number of carboxylic acids is 1. The van der Waals surface area contributed by atoms with Gasteiger partial charge in [0.1, 0.15) is 0 Å². The summed E-state index contributed by atoms with van der Waals surface area (Å²) < 4.78 is 12.1. The van der Waals surface area contributed by atoms with Crippen molar-refractivity contribution in [1.82, 2.24) is 0 Å². The minimum Gasteiger partial charge on any atom is -0.493 e. The fraction of sp³-hybridized carbons (Fsp3) is 0.222. The van der Waals surface area contributed by atoms with Gasteiger partial charge in [-0.1, -0.05) is 6.07 Å². The molecule has 132 valence electrons. The molecule has 0 unspecified atom stereocenters. The Hall–Kier alpha value is -2.29. The van der Waals surface area contributed by atoms with Crippen LogP contribution in [0.4, 0.5) is 5.69 Å². The first kappa shape index (κ1) is 19.0. The third-order valence-electron chi connectivity index (χ3n) is 3.12. The molecule has 2 aromatic rings. The first-order chi connectivity index (χ1) is 11.9. The van der Waals surface area contributed by atoms with Gasteiger partial charge in [-0.05, 0) is 72.3 Å². The molecule has 0 heterocycles. The minimum absolute atomic E-state index is 0.0464. The van der Waals surface area contributed by atoms with Gasteiger partial charge >= 0.3 is 5.97 Å². The smallest absolute Gasteiger partial charge is 0.335 e. The van der Waals surface area contributed by atoms with Crippen molar-refractivity contribution >= 4 is 40.5 Å². The summed E-state index contributed by atoms with van der Waals surface area (Å²) in [7, 11) is 1.59. The Labute approximate surface area is 160 Å². The third-order valence-corrected chi connectivity index (χ3v) is 3.92. The van der Waals surface area contributed by atoms with Crippen molar-refractivity contribution in [2.24, 2.45) is 5.10 Å². The first-order valence-electron chi connectivity index (χ1n) is 7.57. The number of halogens is 1. The summed E-state index contributed by atoms with van der Waals surface area (Å²) >= 11 is 2.19. The summed E-state index contributed by atoms with van der Waals surface area (Å²) in [6, 6.07) is 10.2. The normalized spacial score (nSPS) is 10.9. The first-order valence-corrected chi connectivity index (χ1v) is 8.65. The van der Waals surface area contributed by atoms with Crippen molar-refractivity contribution in [3.63, 3.8) is 0 Å². The van der Waals surface area contributed by atoms with E-state index in [2.05, 4.69) is 33.1 Å². The molecule has 0 aliphatic rings. The quantitative estimate of drug-likeness (QED) is 0.372. The number of carbonyl (C=O) groups is 1. The van der Waals surface area contributed by atoms with Crippen LogP contribution in [0.15, 0.2) is 41.5 Å². The maximum atomic E-state index is 11.0. The second-order valence-corrected chi connectivity index (χ2v) is 6.62. The lowest BCUT2D eigenvalue weighted by Gasteiger charge is -2.15. The van der Waals surface area contributed by atoms with E-state index in [0.29, 0.717) is 17.2 Å². The number of hydrogen-bond acceptors (Lipinski definition) is 5. The fourth-order valence-corrected chi connectivity index (χ4v) is 2.82. The van der Waals surface area contributed by atoms with Crippen LogP contribution in [-0.2, 0) is 0 Å². The summed E-state index contributed by atoms with van der Waals surface area (Å²) in [5, 5.41) is 13.1. The number of hydrogen-bond donors (Lipinski definition) is 2. The molecule has 0 amide bonds. The second-order valence-electron chi connectivity index (χ2n) is 5.46. The van der Waals surface area contributed by atoms with Crippen LogP contribution >= 0.6 is 22.6 Å². The predicted molar refractivity (Wildman–Crippen MR) is 106 cm³/mol.